The number of amides is 2. The van der Waals surface area contributed by atoms with Crippen LogP contribution in [0.25, 0.3) is 0 Å². The SMILES string of the molecule is NC(=O)C12CC3CC1CC(C2)C3c1cccnc1C(=O)N1CC(F)(F)C1. The third kappa shape index (κ3) is 2.03. The minimum absolute atomic E-state index is 0.163. The van der Waals surface area contributed by atoms with Crippen LogP contribution in [0.5, 0.6) is 0 Å². The highest BCUT2D eigenvalue weighted by atomic mass is 19.3. The van der Waals surface area contributed by atoms with Gasteiger partial charge >= 0.3 is 0 Å². The highest BCUT2D eigenvalue weighted by molar-refractivity contribution is 5.94. The van der Waals surface area contributed by atoms with Crippen molar-refractivity contribution in [1.29, 1.82) is 0 Å². The summed E-state index contributed by atoms with van der Waals surface area (Å²) in [5.74, 6) is -2.24. The fraction of sp³-hybridized carbons (Fsp3) is 0.632. The molecule has 5 aliphatic rings. The van der Waals surface area contributed by atoms with Crippen molar-refractivity contribution in [3.63, 3.8) is 0 Å². The number of primary amides is 1. The lowest BCUT2D eigenvalue weighted by atomic mass is 9.66. The molecule has 4 aliphatic carbocycles. The van der Waals surface area contributed by atoms with Gasteiger partial charge in [0.2, 0.25) is 5.91 Å². The van der Waals surface area contributed by atoms with E-state index in [0.717, 1.165) is 31.2 Å². The molecular weight excluding hydrogens is 340 g/mol. The molecule has 2 atom stereocenters. The first-order valence-corrected chi connectivity index (χ1v) is 9.23. The number of hydrogen-bond acceptors (Lipinski definition) is 3. The number of carbonyl (C=O) groups is 2. The molecule has 1 saturated heterocycles. The van der Waals surface area contributed by atoms with Crippen LogP contribution in [0.2, 0.25) is 0 Å². The molecule has 0 radical (unpaired) electrons. The fourth-order valence-electron chi connectivity index (χ4n) is 6.31. The topological polar surface area (TPSA) is 76.3 Å². The van der Waals surface area contributed by atoms with E-state index < -0.39 is 24.9 Å². The van der Waals surface area contributed by atoms with Crippen molar-refractivity contribution in [2.75, 3.05) is 13.1 Å². The highest BCUT2D eigenvalue weighted by Gasteiger charge is 2.64. The van der Waals surface area contributed by atoms with Gasteiger partial charge in [0.25, 0.3) is 11.8 Å². The number of aromatic nitrogens is 1. The van der Waals surface area contributed by atoms with E-state index >= 15 is 0 Å². The Morgan fingerprint density at radius 3 is 2.38 bits per heavy atom. The summed E-state index contributed by atoms with van der Waals surface area (Å²) in [5, 5.41) is 0. The zero-order valence-electron chi connectivity index (χ0n) is 14.3. The van der Waals surface area contributed by atoms with Gasteiger partial charge in [0.1, 0.15) is 5.69 Å². The van der Waals surface area contributed by atoms with E-state index in [4.69, 9.17) is 5.73 Å². The summed E-state index contributed by atoms with van der Waals surface area (Å²) < 4.78 is 26.3. The Morgan fingerprint density at radius 2 is 1.85 bits per heavy atom. The van der Waals surface area contributed by atoms with Crippen LogP contribution in [-0.4, -0.2) is 40.7 Å². The number of pyridine rings is 1. The first-order valence-electron chi connectivity index (χ1n) is 9.23. The summed E-state index contributed by atoms with van der Waals surface area (Å²) in [4.78, 5) is 30.2. The van der Waals surface area contributed by atoms with Crippen LogP contribution >= 0.6 is 0 Å². The summed E-state index contributed by atoms with van der Waals surface area (Å²) in [6.45, 7) is -1.07. The van der Waals surface area contributed by atoms with Gasteiger partial charge in [-0.15, -0.1) is 0 Å². The van der Waals surface area contributed by atoms with Crippen molar-refractivity contribution in [1.82, 2.24) is 9.88 Å². The van der Waals surface area contributed by atoms with Crippen molar-refractivity contribution in [2.24, 2.45) is 28.9 Å². The minimum Gasteiger partial charge on any atom is -0.369 e. The predicted octanol–water partition coefficient (Wildman–Crippen LogP) is 2.18. The molecule has 4 saturated carbocycles. The molecule has 138 valence electrons. The summed E-state index contributed by atoms with van der Waals surface area (Å²) in [6, 6.07) is 3.71. The van der Waals surface area contributed by atoms with Crippen LogP contribution in [0.1, 0.15) is 47.7 Å². The van der Waals surface area contributed by atoms with E-state index in [1.54, 1.807) is 12.3 Å². The maximum Gasteiger partial charge on any atom is 0.282 e. The molecule has 5 fully saturated rings. The van der Waals surface area contributed by atoms with Crippen molar-refractivity contribution >= 4 is 11.8 Å². The third-order valence-corrected chi connectivity index (χ3v) is 7.25. The van der Waals surface area contributed by atoms with Crippen LogP contribution < -0.4 is 5.73 Å². The second-order valence-electron chi connectivity index (χ2n) is 8.60. The molecule has 6 rings (SSSR count). The zero-order chi connectivity index (χ0) is 18.3. The lowest BCUT2D eigenvalue weighted by Gasteiger charge is -2.41. The molecule has 7 heteroatoms. The monoisotopic (exact) mass is 361 g/mol. The molecule has 1 aromatic heterocycles. The third-order valence-electron chi connectivity index (χ3n) is 7.25. The molecular formula is C19H21F2N3O2. The van der Waals surface area contributed by atoms with Gasteiger partial charge in [0, 0.05) is 6.20 Å². The minimum atomic E-state index is -2.79. The van der Waals surface area contributed by atoms with Crippen molar-refractivity contribution in [3.05, 3.63) is 29.6 Å². The fourth-order valence-corrected chi connectivity index (χ4v) is 6.31. The quantitative estimate of drug-likeness (QED) is 0.896. The van der Waals surface area contributed by atoms with Crippen LogP contribution in [0, 0.1) is 23.2 Å². The maximum absolute atomic E-state index is 13.2. The zero-order valence-corrected chi connectivity index (χ0v) is 14.3. The van der Waals surface area contributed by atoms with Crippen LogP contribution in [-0.2, 0) is 4.79 Å². The molecule has 2 amide bonds. The first kappa shape index (κ1) is 16.1. The van der Waals surface area contributed by atoms with E-state index in [0.29, 0.717) is 23.4 Å². The Balaban J connectivity index is 1.46. The Morgan fingerprint density at radius 1 is 1.19 bits per heavy atom. The smallest absolute Gasteiger partial charge is 0.282 e. The van der Waals surface area contributed by atoms with Crippen molar-refractivity contribution in [3.8, 4) is 0 Å². The van der Waals surface area contributed by atoms with E-state index in [1.165, 1.54) is 4.90 Å². The molecule has 1 aromatic rings. The Kier molecular flexibility index (Phi) is 3.12. The normalized spacial score (nSPS) is 39.1. The summed E-state index contributed by atoms with van der Waals surface area (Å²) in [5.41, 5.74) is 6.53. The molecule has 4 bridgehead atoms. The number of hydrogen-bond donors (Lipinski definition) is 1. The molecule has 0 spiro atoms. The number of carbonyl (C=O) groups excluding carboxylic acids is 2. The first-order chi connectivity index (χ1) is 12.3. The highest BCUT2D eigenvalue weighted by Crippen LogP contribution is 2.69. The second-order valence-corrected chi connectivity index (χ2v) is 8.60. The largest absolute Gasteiger partial charge is 0.369 e. The molecule has 2 heterocycles. The Hall–Kier alpha value is -2.05. The lowest BCUT2D eigenvalue weighted by molar-refractivity contribution is -0.129. The molecule has 1 aliphatic heterocycles. The van der Waals surface area contributed by atoms with Crippen molar-refractivity contribution < 1.29 is 18.4 Å². The van der Waals surface area contributed by atoms with Gasteiger partial charge in [-0.1, -0.05) is 6.07 Å². The van der Waals surface area contributed by atoms with Crippen molar-refractivity contribution in [2.45, 2.75) is 37.5 Å². The Labute approximate surface area is 149 Å². The van der Waals surface area contributed by atoms with Gasteiger partial charge in [-0.25, -0.2) is 8.78 Å². The van der Waals surface area contributed by atoms with Gasteiger partial charge in [-0.3, -0.25) is 14.6 Å². The number of halogens is 2. The number of nitrogens with zero attached hydrogens (tertiary/aromatic N) is 2. The maximum atomic E-state index is 13.2. The van der Waals surface area contributed by atoms with Gasteiger partial charge in [-0.2, -0.15) is 0 Å². The molecule has 5 nitrogen and oxygen atoms in total. The van der Waals surface area contributed by atoms with Gasteiger partial charge in [-0.05, 0) is 61.0 Å². The summed E-state index contributed by atoms with van der Waals surface area (Å²) in [6.07, 6.45) is 5.00. The average Bonchev–Trinajstić information content (AvgIpc) is 3.01. The van der Waals surface area contributed by atoms with E-state index in [9.17, 15) is 18.4 Å². The second kappa shape index (κ2) is 5.02. The Bertz CT molecular complexity index is 788. The van der Waals surface area contributed by atoms with Gasteiger partial charge in [0.15, 0.2) is 0 Å². The summed E-state index contributed by atoms with van der Waals surface area (Å²) in [7, 11) is 0. The van der Waals surface area contributed by atoms with E-state index in [2.05, 4.69) is 4.98 Å². The van der Waals surface area contributed by atoms with Crippen LogP contribution in [0.4, 0.5) is 8.78 Å². The molecule has 26 heavy (non-hydrogen) atoms. The number of rotatable bonds is 3. The number of alkyl halides is 2. The van der Waals surface area contributed by atoms with E-state index in [1.807, 2.05) is 6.07 Å². The van der Waals surface area contributed by atoms with Gasteiger partial charge < -0.3 is 10.6 Å². The van der Waals surface area contributed by atoms with E-state index in [-0.39, 0.29) is 17.2 Å². The molecule has 0 aromatic carbocycles. The number of nitrogens with two attached hydrogens (primary N) is 1. The van der Waals surface area contributed by atoms with Gasteiger partial charge in [0.05, 0.1) is 18.5 Å². The standard InChI is InChI=1S/C19H21F2N3O2/c20-19(21)8-24(9-19)16(25)15-13(2-1-3-23-15)14-10-4-12-5-11(14)7-18(12,6-10)17(22)26/h1-3,10-12,14H,4-9H2,(H2,22,26). The number of likely N-dealkylation sites (tertiary alicyclic amines) is 1. The predicted molar refractivity (Wildman–Crippen MR) is 88.4 cm³/mol. The van der Waals surface area contributed by atoms with Crippen LogP contribution in [0.15, 0.2) is 18.3 Å². The molecule has 2 unspecified atom stereocenters. The van der Waals surface area contributed by atoms with Crippen LogP contribution in [0.3, 0.4) is 0 Å². The summed E-state index contributed by atoms with van der Waals surface area (Å²) >= 11 is 0. The average molecular weight is 361 g/mol. The molecule has 2 N–H and O–H groups in total. The lowest BCUT2D eigenvalue weighted by Crippen LogP contribution is -2.58.